The van der Waals surface area contributed by atoms with Crippen LogP contribution < -0.4 is 0 Å². The van der Waals surface area contributed by atoms with Gasteiger partial charge in [-0.1, -0.05) is 32.9 Å². The van der Waals surface area contributed by atoms with Crippen molar-refractivity contribution < 1.29 is 4.79 Å². The van der Waals surface area contributed by atoms with Crippen LogP contribution >= 0.6 is 0 Å². The largest absolute Gasteiger partial charge is 0.299 e. The molecule has 0 radical (unpaired) electrons. The summed E-state index contributed by atoms with van der Waals surface area (Å²) < 4.78 is 0. The lowest BCUT2D eigenvalue weighted by Gasteiger charge is -1.99. The molecule has 0 rings (SSSR count). The Bertz CT molecular complexity index is 134. The Morgan fingerprint density at radius 2 is 2.00 bits per heavy atom. The molecule has 0 N–H and O–H groups in total. The Hall–Kier alpha value is -0.590. The Morgan fingerprint density at radius 3 is 2.45 bits per heavy atom. The SMILES string of the molecule is CC/C=C/CCC(=O)C(C)C. The Kier molecular flexibility index (Phi) is 5.81. The maximum atomic E-state index is 11.1. The highest BCUT2D eigenvalue weighted by atomic mass is 16.1. The summed E-state index contributed by atoms with van der Waals surface area (Å²) in [5.74, 6) is 0.566. The van der Waals surface area contributed by atoms with Gasteiger partial charge in [0.05, 0.1) is 0 Å². The number of allylic oxidation sites excluding steroid dienone is 2. The number of rotatable bonds is 5. The van der Waals surface area contributed by atoms with Crippen LogP contribution in [0.2, 0.25) is 0 Å². The van der Waals surface area contributed by atoms with E-state index in [0.29, 0.717) is 12.2 Å². The summed E-state index contributed by atoms with van der Waals surface area (Å²) in [5.41, 5.74) is 0. The molecule has 0 unspecified atom stereocenters. The molecule has 0 aromatic heterocycles. The van der Waals surface area contributed by atoms with E-state index in [1.807, 2.05) is 13.8 Å². The molecule has 1 nitrogen and oxygen atoms in total. The molecule has 0 heterocycles. The van der Waals surface area contributed by atoms with Gasteiger partial charge in [0, 0.05) is 12.3 Å². The van der Waals surface area contributed by atoms with Crippen LogP contribution in [-0.2, 0) is 4.79 Å². The van der Waals surface area contributed by atoms with Crippen molar-refractivity contribution in [3.8, 4) is 0 Å². The molecule has 1 heteroatoms. The quantitative estimate of drug-likeness (QED) is 0.556. The molecule has 0 spiro atoms. The standard InChI is InChI=1S/C10H18O/c1-4-5-6-7-8-10(11)9(2)3/h5-6,9H,4,7-8H2,1-3H3/b6-5+. The van der Waals surface area contributed by atoms with Gasteiger partial charge in [-0.15, -0.1) is 0 Å². The van der Waals surface area contributed by atoms with E-state index in [1.165, 1.54) is 0 Å². The van der Waals surface area contributed by atoms with Gasteiger partial charge in [-0.2, -0.15) is 0 Å². The van der Waals surface area contributed by atoms with E-state index >= 15 is 0 Å². The maximum absolute atomic E-state index is 11.1. The zero-order valence-electron chi connectivity index (χ0n) is 7.76. The summed E-state index contributed by atoms with van der Waals surface area (Å²) in [7, 11) is 0. The Morgan fingerprint density at radius 1 is 1.36 bits per heavy atom. The first-order valence-corrected chi connectivity index (χ1v) is 4.36. The van der Waals surface area contributed by atoms with Crippen molar-refractivity contribution in [2.45, 2.75) is 40.0 Å². The summed E-state index contributed by atoms with van der Waals surface area (Å²) in [4.78, 5) is 11.1. The predicted molar refractivity (Wildman–Crippen MR) is 48.5 cm³/mol. The van der Waals surface area contributed by atoms with E-state index in [9.17, 15) is 4.79 Å². The van der Waals surface area contributed by atoms with Crippen LogP contribution in [0.15, 0.2) is 12.2 Å². The van der Waals surface area contributed by atoms with Crippen LogP contribution in [0.1, 0.15) is 40.0 Å². The van der Waals surface area contributed by atoms with Crippen LogP contribution in [0.3, 0.4) is 0 Å². The van der Waals surface area contributed by atoms with Gasteiger partial charge in [0.2, 0.25) is 0 Å². The van der Waals surface area contributed by atoms with E-state index in [-0.39, 0.29) is 5.92 Å². The van der Waals surface area contributed by atoms with E-state index in [2.05, 4.69) is 19.1 Å². The first-order chi connectivity index (χ1) is 5.18. The number of carbonyl (C=O) groups is 1. The summed E-state index contributed by atoms with van der Waals surface area (Å²) in [5, 5.41) is 0. The highest BCUT2D eigenvalue weighted by Gasteiger charge is 2.04. The van der Waals surface area contributed by atoms with Crippen molar-refractivity contribution >= 4 is 5.78 Å². The molecule has 0 aromatic rings. The minimum absolute atomic E-state index is 0.199. The van der Waals surface area contributed by atoms with Gasteiger partial charge in [-0.25, -0.2) is 0 Å². The van der Waals surface area contributed by atoms with Crippen molar-refractivity contribution in [2.24, 2.45) is 5.92 Å². The van der Waals surface area contributed by atoms with E-state index < -0.39 is 0 Å². The van der Waals surface area contributed by atoms with Gasteiger partial charge in [0.15, 0.2) is 0 Å². The number of ketones is 1. The van der Waals surface area contributed by atoms with Crippen LogP contribution in [0.5, 0.6) is 0 Å². The number of hydrogen-bond donors (Lipinski definition) is 0. The molecule has 0 bridgehead atoms. The third-order valence-electron chi connectivity index (χ3n) is 1.60. The molecule has 0 fully saturated rings. The molecule has 0 amide bonds. The lowest BCUT2D eigenvalue weighted by Crippen LogP contribution is -2.05. The molecule has 0 aliphatic heterocycles. The van der Waals surface area contributed by atoms with Gasteiger partial charge < -0.3 is 0 Å². The molecule has 0 atom stereocenters. The van der Waals surface area contributed by atoms with Crippen molar-refractivity contribution in [2.75, 3.05) is 0 Å². The molecule has 0 aromatic carbocycles. The van der Waals surface area contributed by atoms with Crippen LogP contribution in [0.4, 0.5) is 0 Å². The third-order valence-corrected chi connectivity index (χ3v) is 1.60. The summed E-state index contributed by atoms with van der Waals surface area (Å²) in [6.45, 7) is 6.00. The zero-order chi connectivity index (χ0) is 8.69. The lowest BCUT2D eigenvalue weighted by atomic mass is 10.0. The van der Waals surface area contributed by atoms with Crippen molar-refractivity contribution in [3.63, 3.8) is 0 Å². The predicted octanol–water partition coefficient (Wildman–Crippen LogP) is 2.96. The van der Waals surface area contributed by atoms with E-state index in [4.69, 9.17) is 0 Å². The van der Waals surface area contributed by atoms with Crippen molar-refractivity contribution in [1.29, 1.82) is 0 Å². The zero-order valence-corrected chi connectivity index (χ0v) is 7.76. The first-order valence-electron chi connectivity index (χ1n) is 4.36. The lowest BCUT2D eigenvalue weighted by molar-refractivity contribution is -0.121. The average molecular weight is 154 g/mol. The topological polar surface area (TPSA) is 17.1 Å². The first kappa shape index (κ1) is 10.4. The van der Waals surface area contributed by atoms with Gasteiger partial charge in [0.1, 0.15) is 5.78 Å². The second-order valence-corrected chi connectivity index (χ2v) is 3.04. The Labute approximate surface area is 69.5 Å². The molecule has 0 aliphatic rings. The van der Waals surface area contributed by atoms with Crippen LogP contribution in [0.25, 0.3) is 0 Å². The van der Waals surface area contributed by atoms with Gasteiger partial charge in [0.25, 0.3) is 0 Å². The summed E-state index contributed by atoms with van der Waals surface area (Å²) >= 11 is 0. The molecular formula is C10H18O. The molecule has 0 saturated carbocycles. The monoisotopic (exact) mass is 154 g/mol. The van der Waals surface area contributed by atoms with Gasteiger partial charge in [-0.3, -0.25) is 4.79 Å². The highest BCUT2D eigenvalue weighted by molar-refractivity contribution is 5.80. The van der Waals surface area contributed by atoms with E-state index in [0.717, 1.165) is 12.8 Å². The van der Waals surface area contributed by atoms with Crippen LogP contribution in [-0.4, -0.2) is 5.78 Å². The maximum Gasteiger partial charge on any atom is 0.135 e. The number of carbonyl (C=O) groups excluding carboxylic acids is 1. The summed E-state index contributed by atoms with van der Waals surface area (Å²) in [6.07, 6.45) is 6.86. The molecule has 0 aliphatic carbocycles. The fraction of sp³-hybridized carbons (Fsp3) is 0.700. The highest BCUT2D eigenvalue weighted by Crippen LogP contribution is 2.02. The fourth-order valence-electron chi connectivity index (χ4n) is 0.799. The minimum atomic E-state index is 0.199. The number of Topliss-reactive ketones (excluding diaryl/α,β-unsaturated/α-hetero) is 1. The minimum Gasteiger partial charge on any atom is -0.299 e. The van der Waals surface area contributed by atoms with E-state index in [1.54, 1.807) is 0 Å². The molecular weight excluding hydrogens is 136 g/mol. The second-order valence-electron chi connectivity index (χ2n) is 3.04. The number of hydrogen-bond acceptors (Lipinski definition) is 1. The second kappa shape index (κ2) is 6.14. The van der Waals surface area contributed by atoms with Gasteiger partial charge >= 0.3 is 0 Å². The third kappa shape index (κ3) is 5.84. The van der Waals surface area contributed by atoms with Crippen molar-refractivity contribution in [1.82, 2.24) is 0 Å². The molecule has 64 valence electrons. The smallest absolute Gasteiger partial charge is 0.135 e. The van der Waals surface area contributed by atoms with Gasteiger partial charge in [-0.05, 0) is 12.8 Å². The fourth-order valence-corrected chi connectivity index (χ4v) is 0.799. The molecule has 0 saturated heterocycles. The molecule has 11 heavy (non-hydrogen) atoms. The average Bonchev–Trinajstić information content (AvgIpc) is 1.97. The normalized spacial score (nSPS) is 11.3. The van der Waals surface area contributed by atoms with Crippen molar-refractivity contribution in [3.05, 3.63) is 12.2 Å². The summed E-state index contributed by atoms with van der Waals surface area (Å²) in [6, 6.07) is 0. The van der Waals surface area contributed by atoms with Crippen LogP contribution in [0, 0.1) is 5.92 Å². The Balaban J connectivity index is 3.39.